The number of carboxylic acid groups (broad SMARTS) is 1. The summed E-state index contributed by atoms with van der Waals surface area (Å²) in [5.41, 5.74) is 10.6. The fourth-order valence-electron chi connectivity index (χ4n) is 2.50. The molecule has 0 aromatic rings. The molecule has 28 heavy (non-hydrogen) atoms. The molecule has 0 unspecified atom stereocenters. The summed E-state index contributed by atoms with van der Waals surface area (Å²) in [6, 6.07) is -0.580. The van der Waals surface area contributed by atoms with Gasteiger partial charge in [0.05, 0.1) is 6.61 Å². The first kappa shape index (κ1) is 28.4. The molecule has 0 rings (SSSR count). The van der Waals surface area contributed by atoms with Gasteiger partial charge < -0.3 is 26.6 Å². The first-order valence-electron chi connectivity index (χ1n) is 10.6. The van der Waals surface area contributed by atoms with Gasteiger partial charge in [-0.1, -0.05) is 58.3 Å². The van der Waals surface area contributed by atoms with Crippen LogP contribution in [0.1, 0.15) is 90.9 Å². The quantitative estimate of drug-likeness (QED) is 0.115. The Hall–Kier alpha value is -1.83. The van der Waals surface area contributed by atoms with Crippen LogP contribution in [0, 0.1) is 5.41 Å². The molecule has 8 heteroatoms. The van der Waals surface area contributed by atoms with Crippen molar-refractivity contribution in [3.05, 3.63) is 0 Å². The zero-order valence-electron chi connectivity index (χ0n) is 17.8. The number of carbonyl (C=O) groups excluding carboxylic acids is 1. The number of esters is 1. The molecule has 1 atom stereocenters. The van der Waals surface area contributed by atoms with Crippen molar-refractivity contribution in [3.63, 3.8) is 0 Å². The van der Waals surface area contributed by atoms with Crippen LogP contribution >= 0.6 is 0 Å². The van der Waals surface area contributed by atoms with Crippen LogP contribution in [0.5, 0.6) is 0 Å². The molecule has 0 heterocycles. The van der Waals surface area contributed by atoms with Crippen LogP contribution in [0.3, 0.4) is 0 Å². The third kappa shape index (κ3) is 24.2. The summed E-state index contributed by atoms with van der Waals surface area (Å²) in [6.45, 7) is 4.86. The molecular weight excluding hydrogens is 360 g/mol. The molecule has 0 radical (unpaired) electrons. The van der Waals surface area contributed by atoms with Crippen LogP contribution in [0.15, 0.2) is 0 Å². The summed E-state index contributed by atoms with van der Waals surface area (Å²) in [7, 11) is 0. The van der Waals surface area contributed by atoms with Gasteiger partial charge in [-0.3, -0.25) is 15.0 Å². The lowest BCUT2D eigenvalue weighted by atomic mass is 10.1. The number of aliphatic carboxylic acids is 1. The summed E-state index contributed by atoms with van der Waals surface area (Å²) in [4.78, 5) is 21.2. The van der Waals surface area contributed by atoms with Crippen molar-refractivity contribution in [2.24, 2.45) is 11.5 Å². The van der Waals surface area contributed by atoms with Gasteiger partial charge in [-0.2, -0.15) is 0 Å². The molecule has 0 aliphatic carbocycles. The van der Waals surface area contributed by atoms with E-state index in [1.807, 2.05) is 0 Å². The van der Waals surface area contributed by atoms with E-state index in [2.05, 4.69) is 12.2 Å². The molecule has 0 aliphatic heterocycles. The predicted molar refractivity (Wildman–Crippen MR) is 113 cm³/mol. The summed E-state index contributed by atoms with van der Waals surface area (Å²) in [5, 5.41) is 17.9. The molecule has 0 amide bonds. The van der Waals surface area contributed by atoms with Gasteiger partial charge in [-0.15, -0.1) is 0 Å². The van der Waals surface area contributed by atoms with E-state index >= 15 is 0 Å². The number of nitrogens with two attached hydrogens (primary N) is 2. The Morgan fingerprint density at radius 2 is 1.54 bits per heavy atom. The highest BCUT2D eigenvalue weighted by molar-refractivity contribution is 5.75. The van der Waals surface area contributed by atoms with E-state index in [0.29, 0.717) is 32.4 Å². The largest absolute Gasteiger partial charge is 0.481 e. The number of nitrogens with one attached hydrogen (secondary N) is 2. The second-order valence-electron chi connectivity index (χ2n) is 6.81. The van der Waals surface area contributed by atoms with E-state index in [1.165, 1.54) is 44.9 Å². The number of guanidine groups is 1. The Kier molecular flexibility index (Phi) is 21.8. The molecule has 0 saturated heterocycles. The maximum atomic E-state index is 11.0. The van der Waals surface area contributed by atoms with Crippen LogP contribution in [0.4, 0.5) is 0 Å². The molecule has 0 aliphatic rings. The monoisotopic (exact) mass is 402 g/mol. The van der Waals surface area contributed by atoms with Crippen molar-refractivity contribution in [3.8, 4) is 0 Å². The fraction of sp³-hybridized carbons (Fsp3) is 0.850. The molecule has 8 nitrogen and oxygen atoms in total. The van der Waals surface area contributed by atoms with E-state index in [0.717, 1.165) is 12.8 Å². The van der Waals surface area contributed by atoms with Crippen molar-refractivity contribution in [1.82, 2.24) is 5.32 Å². The number of carbonyl (C=O) groups is 2. The number of hydrogen-bond acceptors (Lipinski definition) is 5. The topological polar surface area (TPSA) is 152 Å². The van der Waals surface area contributed by atoms with Crippen molar-refractivity contribution < 1.29 is 19.4 Å². The van der Waals surface area contributed by atoms with Crippen molar-refractivity contribution in [2.45, 2.75) is 96.9 Å². The molecule has 0 saturated carbocycles. The van der Waals surface area contributed by atoms with Gasteiger partial charge in [0, 0.05) is 13.0 Å². The minimum Gasteiger partial charge on any atom is -0.481 e. The molecule has 0 aromatic carbocycles. The second-order valence-corrected chi connectivity index (χ2v) is 6.81. The van der Waals surface area contributed by atoms with Crippen molar-refractivity contribution in [1.29, 1.82) is 5.41 Å². The zero-order chi connectivity index (χ0) is 21.6. The van der Waals surface area contributed by atoms with Gasteiger partial charge in [-0.25, -0.2) is 0 Å². The number of rotatable bonds is 16. The predicted octanol–water partition coefficient (Wildman–Crippen LogP) is 3.13. The normalized spacial score (nSPS) is 11.1. The molecule has 166 valence electrons. The Morgan fingerprint density at radius 1 is 1.00 bits per heavy atom. The highest BCUT2D eigenvalue weighted by atomic mass is 16.5. The fourth-order valence-corrected chi connectivity index (χ4v) is 2.50. The standard InChI is InChI=1S/C12H24O2.C8H18N4O2/c1-2-3-4-5-6-7-8-9-10-11-12(13)14;1-2-14-7(13)6(9)4-3-5-12-8(10)11/h2-11H2,1H3,(H,13,14);6H,2-5,9H2,1H3,(H4,10,11,12)/t;6-/m.0/s1. The minimum absolute atomic E-state index is 0.0743. The molecule has 0 aromatic heterocycles. The van der Waals surface area contributed by atoms with E-state index in [1.54, 1.807) is 6.92 Å². The minimum atomic E-state index is -0.659. The van der Waals surface area contributed by atoms with Crippen LogP contribution in [0.25, 0.3) is 0 Å². The smallest absolute Gasteiger partial charge is 0.322 e. The lowest BCUT2D eigenvalue weighted by Gasteiger charge is -2.10. The summed E-state index contributed by atoms with van der Waals surface area (Å²) < 4.78 is 4.73. The van der Waals surface area contributed by atoms with Gasteiger partial charge in [0.1, 0.15) is 6.04 Å². The third-order valence-corrected chi connectivity index (χ3v) is 4.09. The first-order chi connectivity index (χ1) is 13.3. The van der Waals surface area contributed by atoms with E-state index in [9.17, 15) is 9.59 Å². The highest BCUT2D eigenvalue weighted by Crippen LogP contribution is 2.10. The average Bonchev–Trinajstić information content (AvgIpc) is 2.64. The summed E-state index contributed by atoms with van der Waals surface area (Å²) in [5.74, 6) is -1.11. The van der Waals surface area contributed by atoms with Crippen LogP contribution in [-0.4, -0.2) is 42.2 Å². The number of carboxylic acids is 1. The number of hydrogen-bond donors (Lipinski definition) is 5. The van der Waals surface area contributed by atoms with Crippen LogP contribution < -0.4 is 16.8 Å². The van der Waals surface area contributed by atoms with E-state index < -0.39 is 12.0 Å². The first-order valence-corrected chi connectivity index (χ1v) is 10.6. The van der Waals surface area contributed by atoms with Gasteiger partial charge in [-0.05, 0) is 26.2 Å². The van der Waals surface area contributed by atoms with E-state index in [4.69, 9.17) is 26.7 Å². The molecular formula is C20H42N4O4. The van der Waals surface area contributed by atoms with Crippen LogP contribution in [0.2, 0.25) is 0 Å². The van der Waals surface area contributed by atoms with Gasteiger partial charge in [0.15, 0.2) is 5.96 Å². The third-order valence-electron chi connectivity index (χ3n) is 4.09. The highest BCUT2D eigenvalue weighted by Gasteiger charge is 2.13. The summed E-state index contributed by atoms with van der Waals surface area (Å²) in [6.07, 6.45) is 12.7. The number of ether oxygens (including phenoxy) is 1. The van der Waals surface area contributed by atoms with Crippen molar-refractivity contribution >= 4 is 17.9 Å². The molecule has 0 fully saturated rings. The molecule has 0 bridgehead atoms. The van der Waals surface area contributed by atoms with Crippen molar-refractivity contribution in [2.75, 3.05) is 13.2 Å². The lowest BCUT2D eigenvalue weighted by Crippen LogP contribution is -2.35. The summed E-state index contributed by atoms with van der Waals surface area (Å²) >= 11 is 0. The Balaban J connectivity index is 0. The Bertz CT molecular complexity index is 406. The second kappa shape index (κ2) is 21.5. The Morgan fingerprint density at radius 3 is 2.00 bits per heavy atom. The lowest BCUT2D eigenvalue weighted by molar-refractivity contribution is -0.144. The molecule has 7 N–H and O–H groups in total. The SMILES string of the molecule is CCCCCCCCCCCC(=O)O.CCOC(=O)[C@@H](N)CCCNC(=N)N. The van der Waals surface area contributed by atoms with E-state index in [-0.39, 0.29) is 11.9 Å². The van der Waals surface area contributed by atoms with Gasteiger partial charge in [0.2, 0.25) is 0 Å². The average molecular weight is 403 g/mol. The maximum absolute atomic E-state index is 11.0. The van der Waals surface area contributed by atoms with Gasteiger partial charge >= 0.3 is 11.9 Å². The van der Waals surface area contributed by atoms with Gasteiger partial charge in [0.25, 0.3) is 0 Å². The Labute approximate surface area is 170 Å². The number of unbranched alkanes of at least 4 members (excludes halogenated alkanes) is 8. The molecule has 0 spiro atoms. The zero-order valence-corrected chi connectivity index (χ0v) is 17.8. The maximum Gasteiger partial charge on any atom is 0.322 e. The van der Waals surface area contributed by atoms with Crippen LogP contribution in [-0.2, 0) is 14.3 Å².